The Morgan fingerprint density at radius 1 is 1.29 bits per heavy atom. The van der Waals surface area contributed by atoms with Crippen molar-refractivity contribution in [1.29, 1.82) is 0 Å². The van der Waals surface area contributed by atoms with Gasteiger partial charge in [-0.1, -0.05) is 12.1 Å². The summed E-state index contributed by atoms with van der Waals surface area (Å²) >= 11 is 7.36. The largest absolute Gasteiger partial charge is 0.436 e. The van der Waals surface area contributed by atoms with E-state index in [1.54, 1.807) is 12.1 Å². The number of benzene rings is 1. The second-order valence-corrected chi connectivity index (χ2v) is 5.45. The van der Waals surface area contributed by atoms with Crippen molar-refractivity contribution >= 4 is 44.7 Å². The van der Waals surface area contributed by atoms with Crippen LogP contribution >= 0.6 is 22.9 Å². The van der Waals surface area contributed by atoms with Crippen molar-refractivity contribution in [2.24, 2.45) is 0 Å². The molecule has 0 unspecified atom stereocenters. The lowest BCUT2D eigenvalue weighted by Gasteiger charge is -2.11. The number of halogens is 1. The Morgan fingerprint density at radius 3 is 2.90 bits per heavy atom. The molecule has 5 nitrogen and oxygen atoms in total. The standard InChI is InChI=1S/C14H10ClN3O2S/c1-8(19)16-10-4-2-3-5-11(10)20-12-9-6-7-21-13(9)18-14(15)17-12/h2-7H,1H3,(H,16,19). The molecule has 7 heteroatoms. The third-order valence-corrected chi connectivity index (χ3v) is 3.64. The molecule has 3 rings (SSSR count). The van der Waals surface area contributed by atoms with Crippen molar-refractivity contribution in [1.82, 2.24) is 9.97 Å². The number of carbonyl (C=O) groups excluding carboxylic acids is 1. The number of fused-ring (bicyclic) bond motifs is 1. The number of hydrogen-bond acceptors (Lipinski definition) is 5. The zero-order chi connectivity index (χ0) is 14.8. The number of nitrogens with zero attached hydrogens (tertiary/aromatic N) is 2. The quantitative estimate of drug-likeness (QED) is 0.738. The van der Waals surface area contributed by atoms with E-state index in [4.69, 9.17) is 16.3 Å². The Hall–Kier alpha value is -2.18. The van der Waals surface area contributed by atoms with Gasteiger partial charge in [0.2, 0.25) is 17.1 Å². The van der Waals surface area contributed by atoms with E-state index in [1.807, 2.05) is 23.6 Å². The van der Waals surface area contributed by atoms with Crippen LogP contribution < -0.4 is 10.1 Å². The number of para-hydroxylation sites is 2. The molecule has 2 heterocycles. The van der Waals surface area contributed by atoms with Gasteiger partial charge in [-0.15, -0.1) is 11.3 Å². The Balaban J connectivity index is 2.02. The van der Waals surface area contributed by atoms with Crippen molar-refractivity contribution in [2.75, 3.05) is 5.32 Å². The second kappa shape index (κ2) is 5.67. The maximum atomic E-state index is 11.2. The highest BCUT2D eigenvalue weighted by molar-refractivity contribution is 7.16. The lowest BCUT2D eigenvalue weighted by molar-refractivity contribution is -0.114. The number of nitrogens with one attached hydrogen (secondary N) is 1. The van der Waals surface area contributed by atoms with Crippen LogP contribution in [-0.4, -0.2) is 15.9 Å². The van der Waals surface area contributed by atoms with Gasteiger partial charge in [0, 0.05) is 6.92 Å². The van der Waals surface area contributed by atoms with Crippen molar-refractivity contribution < 1.29 is 9.53 Å². The highest BCUT2D eigenvalue weighted by Crippen LogP contribution is 2.34. The monoisotopic (exact) mass is 319 g/mol. The maximum absolute atomic E-state index is 11.2. The molecule has 21 heavy (non-hydrogen) atoms. The number of rotatable bonds is 3. The second-order valence-electron chi connectivity index (χ2n) is 4.22. The van der Waals surface area contributed by atoms with E-state index in [2.05, 4.69) is 15.3 Å². The van der Waals surface area contributed by atoms with Crippen LogP contribution in [0.25, 0.3) is 10.2 Å². The molecule has 0 aliphatic rings. The van der Waals surface area contributed by atoms with Crippen LogP contribution in [0.15, 0.2) is 35.7 Å². The number of thiophene rings is 1. The number of ether oxygens (including phenoxy) is 1. The third-order valence-electron chi connectivity index (χ3n) is 2.67. The summed E-state index contributed by atoms with van der Waals surface area (Å²) in [5.74, 6) is 0.687. The van der Waals surface area contributed by atoms with Crippen molar-refractivity contribution in [3.63, 3.8) is 0 Å². The predicted octanol–water partition coefficient (Wildman–Crippen LogP) is 4.10. The first-order chi connectivity index (χ1) is 10.1. The fraction of sp³-hybridized carbons (Fsp3) is 0.0714. The van der Waals surface area contributed by atoms with Gasteiger partial charge in [-0.2, -0.15) is 4.98 Å². The van der Waals surface area contributed by atoms with Crippen LogP contribution in [0.1, 0.15) is 6.92 Å². The molecule has 0 aliphatic carbocycles. The molecule has 1 amide bonds. The third kappa shape index (κ3) is 2.96. The summed E-state index contributed by atoms with van der Waals surface area (Å²) in [5, 5.41) is 5.51. The van der Waals surface area contributed by atoms with Crippen molar-refractivity contribution in [3.8, 4) is 11.6 Å². The first kappa shape index (κ1) is 13.8. The lowest BCUT2D eigenvalue weighted by atomic mass is 10.3. The molecule has 0 bridgehead atoms. The summed E-state index contributed by atoms with van der Waals surface area (Å²) < 4.78 is 5.82. The van der Waals surface area contributed by atoms with Gasteiger partial charge >= 0.3 is 0 Å². The van der Waals surface area contributed by atoms with Crippen LogP contribution in [-0.2, 0) is 4.79 Å². The highest BCUT2D eigenvalue weighted by Gasteiger charge is 2.12. The average Bonchev–Trinajstić information content (AvgIpc) is 2.88. The maximum Gasteiger partial charge on any atom is 0.232 e. The SMILES string of the molecule is CC(=O)Nc1ccccc1Oc1nc(Cl)nc2sccc12. The van der Waals surface area contributed by atoms with Crippen LogP contribution in [0, 0.1) is 0 Å². The number of hydrogen-bond donors (Lipinski definition) is 1. The van der Waals surface area contributed by atoms with E-state index >= 15 is 0 Å². The molecule has 106 valence electrons. The van der Waals surface area contributed by atoms with Crippen LogP contribution in [0.5, 0.6) is 11.6 Å². The number of anilines is 1. The smallest absolute Gasteiger partial charge is 0.232 e. The number of carbonyl (C=O) groups is 1. The molecule has 1 aromatic carbocycles. The van der Waals surface area contributed by atoms with E-state index in [9.17, 15) is 4.79 Å². The fourth-order valence-electron chi connectivity index (χ4n) is 1.83. The van der Waals surface area contributed by atoms with E-state index in [-0.39, 0.29) is 11.2 Å². The fourth-order valence-corrected chi connectivity index (χ4v) is 2.80. The summed E-state index contributed by atoms with van der Waals surface area (Å²) in [5.41, 5.74) is 0.572. The van der Waals surface area contributed by atoms with E-state index in [1.165, 1.54) is 18.3 Å². The number of amides is 1. The van der Waals surface area contributed by atoms with Crippen LogP contribution in [0.4, 0.5) is 5.69 Å². The van der Waals surface area contributed by atoms with Crippen molar-refractivity contribution in [2.45, 2.75) is 6.92 Å². The zero-order valence-corrected chi connectivity index (χ0v) is 12.5. The number of aromatic nitrogens is 2. The molecular weight excluding hydrogens is 310 g/mol. The normalized spacial score (nSPS) is 10.6. The first-order valence-corrected chi connectivity index (χ1v) is 7.34. The minimum atomic E-state index is -0.174. The molecule has 2 aromatic heterocycles. The summed E-state index contributed by atoms with van der Waals surface area (Å²) in [7, 11) is 0. The molecule has 0 radical (unpaired) electrons. The van der Waals surface area contributed by atoms with Gasteiger partial charge in [0.15, 0.2) is 5.75 Å². The lowest BCUT2D eigenvalue weighted by Crippen LogP contribution is -2.07. The summed E-state index contributed by atoms with van der Waals surface area (Å²) in [4.78, 5) is 20.2. The van der Waals surface area contributed by atoms with Gasteiger partial charge in [0.05, 0.1) is 11.1 Å². The molecular formula is C14H10ClN3O2S. The topological polar surface area (TPSA) is 64.1 Å². The molecule has 0 spiro atoms. The van der Waals surface area contributed by atoms with E-state index in [0.717, 1.165) is 10.2 Å². The van der Waals surface area contributed by atoms with Crippen LogP contribution in [0.3, 0.4) is 0 Å². The van der Waals surface area contributed by atoms with Crippen LogP contribution in [0.2, 0.25) is 5.28 Å². The minimum absolute atomic E-state index is 0.122. The summed E-state index contributed by atoms with van der Waals surface area (Å²) in [6.45, 7) is 1.44. The molecule has 3 aromatic rings. The van der Waals surface area contributed by atoms with Gasteiger partial charge in [-0.3, -0.25) is 4.79 Å². The van der Waals surface area contributed by atoms with E-state index < -0.39 is 0 Å². The predicted molar refractivity (Wildman–Crippen MR) is 83.2 cm³/mol. The van der Waals surface area contributed by atoms with Gasteiger partial charge in [-0.05, 0) is 35.2 Å². The van der Waals surface area contributed by atoms with E-state index in [0.29, 0.717) is 17.3 Å². The Labute approximate surface area is 129 Å². The Kier molecular flexibility index (Phi) is 3.72. The molecule has 0 aliphatic heterocycles. The van der Waals surface area contributed by atoms with Gasteiger partial charge in [0.25, 0.3) is 0 Å². The molecule has 0 fully saturated rings. The molecule has 0 atom stereocenters. The van der Waals surface area contributed by atoms with Gasteiger partial charge in [-0.25, -0.2) is 4.98 Å². The molecule has 0 saturated heterocycles. The van der Waals surface area contributed by atoms with Gasteiger partial charge < -0.3 is 10.1 Å². The zero-order valence-electron chi connectivity index (χ0n) is 11.0. The summed E-state index contributed by atoms with van der Waals surface area (Å²) in [6.07, 6.45) is 0. The molecule has 1 N–H and O–H groups in total. The Morgan fingerprint density at radius 2 is 2.10 bits per heavy atom. The summed E-state index contributed by atoms with van der Waals surface area (Å²) in [6, 6.07) is 9.00. The molecule has 0 saturated carbocycles. The average molecular weight is 320 g/mol. The van der Waals surface area contributed by atoms with Crippen molar-refractivity contribution in [3.05, 3.63) is 41.0 Å². The highest BCUT2D eigenvalue weighted by atomic mass is 35.5. The first-order valence-electron chi connectivity index (χ1n) is 6.08. The Bertz CT molecular complexity index is 819. The van der Waals surface area contributed by atoms with Gasteiger partial charge in [0.1, 0.15) is 4.83 Å². The minimum Gasteiger partial charge on any atom is -0.436 e.